The fraction of sp³-hybridized carbons (Fsp3) is 0.500. The Bertz CT molecular complexity index is 407. The summed E-state index contributed by atoms with van der Waals surface area (Å²) in [6.07, 6.45) is 1.88. The first-order valence-corrected chi connectivity index (χ1v) is 6.13. The highest BCUT2D eigenvalue weighted by atomic mass is 19.1. The van der Waals surface area contributed by atoms with Crippen molar-refractivity contribution in [3.05, 3.63) is 29.6 Å². The topological polar surface area (TPSA) is 52.3 Å². The molecule has 2 N–H and O–H groups in total. The van der Waals surface area contributed by atoms with Gasteiger partial charge in [-0.05, 0) is 37.1 Å². The minimum Gasteiger partial charge on any atom is -0.494 e. The molecule has 0 fully saturated rings. The Morgan fingerprint density at radius 2 is 2.22 bits per heavy atom. The maximum Gasteiger partial charge on any atom is 0.165 e. The average molecular weight is 253 g/mol. The van der Waals surface area contributed by atoms with Crippen LogP contribution in [0.1, 0.15) is 25.3 Å². The van der Waals surface area contributed by atoms with E-state index in [0.717, 1.165) is 12.8 Å². The maximum absolute atomic E-state index is 13.5. The molecule has 100 valence electrons. The van der Waals surface area contributed by atoms with Gasteiger partial charge in [-0.1, -0.05) is 13.0 Å². The fourth-order valence-electron chi connectivity index (χ4n) is 1.78. The molecule has 0 radical (unpaired) electrons. The molecule has 0 saturated carbocycles. The van der Waals surface area contributed by atoms with Gasteiger partial charge in [0, 0.05) is 12.3 Å². The summed E-state index contributed by atoms with van der Waals surface area (Å²) < 4.78 is 18.3. The van der Waals surface area contributed by atoms with Crippen molar-refractivity contribution in [2.24, 2.45) is 11.7 Å². The monoisotopic (exact) mass is 253 g/mol. The zero-order valence-corrected chi connectivity index (χ0v) is 10.9. The maximum atomic E-state index is 13.5. The van der Waals surface area contributed by atoms with Crippen molar-refractivity contribution in [3.8, 4) is 5.75 Å². The molecule has 0 aliphatic rings. The standard InChI is InChI=1S/C14H20FNO2/c1-10(4-3-7-16)13(17)9-11-5-6-14(18-2)12(15)8-11/h5-6,8,10H,3-4,7,9,16H2,1-2H3. The van der Waals surface area contributed by atoms with E-state index in [1.165, 1.54) is 13.2 Å². The van der Waals surface area contributed by atoms with Crippen LogP contribution in [0.5, 0.6) is 5.75 Å². The zero-order valence-electron chi connectivity index (χ0n) is 10.9. The number of ether oxygens (including phenoxy) is 1. The summed E-state index contributed by atoms with van der Waals surface area (Å²) >= 11 is 0. The van der Waals surface area contributed by atoms with E-state index >= 15 is 0 Å². The molecular formula is C14H20FNO2. The first-order valence-electron chi connectivity index (χ1n) is 6.13. The molecule has 0 spiro atoms. The van der Waals surface area contributed by atoms with E-state index in [0.29, 0.717) is 12.1 Å². The number of halogens is 1. The third-order valence-electron chi connectivity index (χ3n) is 2.99. The molecular weight excluding hydrogens is 233 g/mol. The second-order valence-corrected chi connectivity index (χ2v) is 4.44. The van der Waals surface area contributed by atoms with Crippen LogP contribution in [-0.4, -0.2) is 19.4 Å². The number of hydrogen-bond donors (Lipinski definition) is 1. The minimum atomic E-state index is -0.433. The van der Waals surface area contributed by atoms with E-state index in [2.05, 4.69) is 0 Å². The highest BCUT2D eigenvalue weighted by molar-refractivity contribution is 5.82. The van der Waals surface area contributed by atoms with Crippen molar-refractivity contribution >= 4 is 5.78 Å². The number of Topliss-reactive ketones (excluding diaryl/α,β-unsaturated/α-hetero) is 1. The summed E-state index contributed by atoms with van der Waals surface area (Å²) in [6, 6.07) is 4.62. The van der Waals surface area contributed by atoms with E-state index in [1.807, 2.05) is 6.92 Å². The highest BCUT2D eigenvalue weighted by Gasteiger charge is 2.14. The Hall–Kier alpha value is -1.42. The lowest BCUT2D eigenvalue weighted by molar-refractivity contribution is -0.121. The van der Waals surface area contributed by atoms with E-state index in [-0.39, 0.29) is 23.9 Å². The van der Waals surface area contributed by atoms with Gasteiger partial charge in [-0.15, -0.1) is 0 Å². The van der Waals surface area contributed by atoms with Gasteiger partial charge in [0.2, 0.25) is 0 Å². The molecule has 0 aliphatic heterocycles. The number of ketones is 1. The molecule has 0 aliphatic carbocycles. The van der Waals surface area contributed by atoms with Gasteiger partial charge in [-0.2, -0.15) is 0 Å². The Balaban J connectivity index is 2.61. The van der Waals surface area contributed by atoms with Gasteiger partial charge in [-0.3, -0.25) is 4.79 Å². The summed E-state index contributed by atoms with van der Waals surface area (Å²) in [5.41, 5.74) is 6.09. The number of nitrogens with two attached hydrogens (primary N) is 1. The van der Waals surface area contributed by atoms with E-state index in [9.17, 15) is 9.18 Å². The molecule has 0 heterocycles. The molecule has 3 nitrogen and oxygen atoms in total. The smallest absolute Gasteiger partial charge is 0.165 e. The van der Waals surface area contributed by atoms with Crippen molar-refractivity contribution in [2.75, 3.05) is 13.7 Å². The van der Waals surface area contributed by atoms with Crippen molar-refractivity contribution in [3.63, 3.8) is 0 Å². The largest absolute Gasteiger partial charge is 0.494 e. The van der Waals surface area contributed by atoms with Crippen LogP contribution < -0.4 is 10.5 Å². The molecule has 18 heavy (non-hydrogen) atoms. The summed E-state index contributed by atoms with van der Waals surface area (Å²) in [7, 11) is 1.41. The van der Waals surface area contributed by atoms with Gasteiger partial charge < -0.3 is 10.5 Å². The quantitative estimate of drug-likeness (QED) is 0.811. The van der Waals surface area contributed by atoms with Crippen LogP contribution >= 0.6 is 0 Å². The molecule has 0 saturated heterocycles. The number of rotatable bonds is 7. The van der Waals surface area contributed by atoms with Crippen LogP contribution in [0.15, 0.2) is 18.2 Å². The van der Waals surface area contributed by atoms with E-state index in [1.54, 1.807) is 12.1 Å². The van der Waals surface area contributed by atoms with Gasteiger partial charge in [0.25, 0.3) is 0 Å². The molecule has 1 rings (SSSR count). The lowest BCUT2D eigenvalue weighted by atomic mass is 9.95. The average Bonchev–Trinajstić information content (AvgIpc) is 2.36. The fourth-order valence-corrected chi connectivity index (χ4v) is 1.78. The molecule has 1 aromatic carbocycles. The van der Waals surface area contributed by atoms with Crippen molar-refractivity contribution in [1.82, 2.24) is 0 Å². The predicted molar refractivity (Wildman–Crippen MR) is 69.1 cm³/mol. The van der Waals surface area contributed by atoms with Crippen molar-refractivity contribution in [2.45, 2.75) is 26.2 Å². The molecule has 1 unspecified atom stereocenters. The SMILES string of the molecule is COc1ccc(CC(=O)C(C)CCCN)cc1F. The summed E-state index contributed by atoms with van der Waals surface area (Å²) in [5.74, 6) is -0.147. The number of methoxy groups -OCH3 is 1. The van der Waals surface area contributed by atoms with Gasteiger partial charge >= 0.3 is 0 Å². The first kappa shape index (κ1) is 14.6. The Morgan fingerprint density at radius 3 is 2.78 bits per heavy atom. The van der Waals surface area contributed by atoms with E-state index < -0.39 is 5.82 Å². The minimum absolute atomic E-state index is 0.0290. The lowest BCUT2D eigenvalue weighted by Crippen LogP contribution is -2.15. The normalized spacial score (nSPS) is 12.2. The molecule has 0 bridgehead atoms. The van der Waals surface area contributed by atoms with Crippen LogP contribution in [0.25, 0.3) is 0 Å². The lowest BCUT2D eigenvalue weighted by Gasteiger charge is -2.10. The number of benzene rings is 1. The van der Waals surface area contributed by atoms with Gasteiger partial charge in [0.05, 0.1) is 7.11 Å². The van der Waals surface area contributed by atoms with Crippen LogP contribution in [0, 0.1) is 11.7 Å². The van der Waals surface area contributed by atoms with Crippen molar-refractivity contribution in [1.29, 1.82) is 0 Å². The molecule has 0 aromatic heterocycles. The summed E-state index contributed by atoms with van der Waals surface area (Å²) in [4.78, 5) is 11.9. The number of carbonyl (C=O) groups excluding carboxylic acids is 1. The Kier molecular flexibility index (Phi) is 5.78. The number of hydrogen-bond acceptors (Lipinski definition) is 3. The molecule has 1 atom stereocenters. The Morgan fingerprint density at radius 1 is 1.50 bits per heavy atom. The van der Waals surface area contributed by atoms with Gasteiger partial charge in [0.15, 0.2) is 11.6 Å². The highest BCUT2D eigenvalue weighted by Crippen LogP contribution is 2.19. The van der Waals surface area contributed by atoms with Crippen LogP contribution in [0.4, 0.5) is 4.39 Å². The van der Waals surface area contributed by atoms with Crippen LogP contribution in [0.2, 0.25) is 0 Å². The van der Waals surface area contributed by atoms with Crippen LogP contribution in [0.3, 0.4) is 0 Å². The third-order valence-corrected chi connectivity index (χ3v) is 2.99. The Labute approximate surface area is 107 Å². The van der Waals surface area contributed by atoms with Crippen LogP contribution in [-0.2, 0) is 11.2 Å². The molecule has 1 aromatic rings. The van der Waals surface area contributed by atoms with Gasteiger partial charge in [-0.25, -0.2) is 4.39 Å². The summed E-state index contributed by atoms with van der Waals surface area (Å²) in [5, 5.41) is 0. The third kappa shape index (κ3) is 4.11. The molecule has 0 amide bonds. The van der Waals surface area contributed by atoms with Crippen molar-refractivity contribution < 1.29 is 13.9 Å². The molecule has 4 heteroatoms. The second-order valence-electron chi connectivity index (χ2n) is 4.44. The number of carbonyl (C=O) groups is 1. The zero-order chi connectivity index (χ0) is 13.5. The predicted octanol–water partition coefficient (Wildman–Crippen LogP) is 2.32. The summed E-state index contributed by atoms with van der Waals surface area (Å²) in [6.45, 7) is 2.48. The van der Waals surface area contributed by atoms with E-state index in [4.69, 9.17) is 10.5 Å². The second kappa shape index (κ2) is 7.11. The first-order chi connectivity index (χ1) is 8.58. The van der Waals surface area contributed by atoms with Gasteiger partial charge in [0.1, 0.15) is 5.78 Å².